The number of aromatic carboxylic acids is 1. The van der Waals surface area contributed by atoms with Gasteiger partial charge in [0.05, 0.1) is 12.2 Å². The molecule has 21 heavy (non-hydrogen) atoms. The molecule has 3 rings (SSSR count). The Morgan fingerprint density at radius 2 is 2.19 bits per heavy atom. The third kappa shape index (κ3) is 2.31. The molecule has 0 aliphatic rings. The van der Waals surface area contributed by atoms with Crippen LogP contribution in [0.15, 0.2) is 21.3 Å². The van der Waals surface area contributed by atoms with Crippen LogP contribution in [0.5, 0.6) is 0 Å². The normalized spacial score (nSPS) is 11.0. The lowest BCUT2D eigenvalue weighted by Crippen LogP contribution is -2.01. The first-order valence-electron chi connectivity index (χ1n) is 6.19. The SMILES string of the molecule is Cc1oc(CNc2ncnc3onc(C)c23)cc1C(=O)O. The largest absolute Gasteiger partial charge is 0.478 e. The lowest BCUT2D eigenvalue weighted by Gasteiger charge is -2.03. The minimum absolute atomic E-state index is 0.154. The minimum Gasteiger partial charge on any atom is -0.478 e. The zero-order valence-electron chi connectivity index (χ0n) is 11.4. The molecule has 0 fully saturated rings. The van der Waals surface area contributed by atoms with E-state index in [0.717, 1.165) is 0 Å². The van der Waals surface area contributed by atoms with Crippen molar-refractivity contribution in [3.05, 3.63) is 35.2 Å². The molecule has 0 atom stereocenters. The molecular formula is C13H12N4O4. The first-order valence-corrected chi connectivity index (χ1v) is 6.19. The highest BCUT2D eigenvalue weighted by Crippen LogP contribution is 2.23. The molecule has 0 aliphatic heterocycles. The van der Waals surface area contributed by atoms with Crippen molar-refractivity contribution >= 4 is 22.9 Å². The van der Waals surface area contributed by atoms with Gasteiger partial charge in [-0.2, -0.15) is 4.98 Å². The number of anilines is 1. The first-order chi connectivity index (χ1) is 10.1. The lowest BCUT2D eigenvalue weighted by atomic mass is 10.2. The summed E-state index contributed by atoms with van der Waals surface area (Å²) in [5.74, 6) is 0.422. The number of nitrogens with one attached hydrogen (secondary N) is 1. The molecule has 8 heteroatoms. The second kappa shape index (κ2) is 4.89. The van der Waals surface area contributed by atoms with Gasteiger partial charge in [0.15, 0.2) is 0 Å². The van der Waals surface area contributed by atoms with Crippen molar-refractivity contribution in [3.63, 3.8) is 0 Å². The van der Waals surface area contributed by atoms with Gasteiger partial charge in [-0.3, -0.25) is 0 Å². The summed E-state index contributed by atoms with van der Waals surface area (Å²) in [6.07, 6.45) is 1.37. The monoisotopic (exact) mass is 288 g/mol. The fraction of sp³-hybridized carbons (Fsp3) is 0.231. The molecule has 0 unspecified atom stereocenters. The van der Waals surface area contributed by atoms with Crippen molar-refractivity contribution < 1.29 is 18.8 Å². The van der Waals surface area contributed by atoms with Crippen molar-refractivity contribution in [2.75, 3.05) is 5.32 Å². The number of carboxylic acids is 1. The number of aromatic nitrogens is 3. The number of rotatable bonds is 4. The van der Waals surface area contributed by atoms with Crippen molar-refractivity contribution in [2.24, 2.45) is 0 Å². The summed E-state index contributed by atoms with van der Waals surface area (Å²) in [7, 11) is 0. The number of aryl methyl sites for hydroxylation is 2. The fourth-order valence-electron chi connectivity index (χ4n) is 2.07. The Morgan fingerprint density at radius 3 is 2.90 bits per heavy atom. The van der Waals surface area contributed by atoms with Gasteiger partial charge >= 0.3 is 5.97 Å². The van der Waals surface area contributed by atoms with Crippen LogP contribution in [-0.4, -0.2) is 26.2 Å². The molecule has 8 nitrogen and oxygen atoms in total. The van der Waals surface area contributed by atoms with Gasteiger partial charge in [-0.15, -0.1) is 0 Å². The third-order valence-corrected chi connectivity index (χ3v) is 3.07. The Morgan fingerprint density at radius 1 is 1.38 bits per heavy atom. The average Bonchev–Trinajstić information content (AvgIpc) is 3.01. The zero-order valence-corrected chi connectivity index (χ0v) is 11.4. The van der Waals surface area contributed by atoms with E-state index in [1.165, 1.54) is 12.4 Å². The van der Waals surface area contributed by atoms with Gasteiger partial charge in [0.25, 0.3) is 5.71 Å². The van der Waals surface area contributed by atoms with Crippen LogP contribution in [0.25, 0.3) is 11.1 Å². The predicted octanol–water partition coefficient (Wildman–Crippen LogP) is 2.14. The van der Waals surface area contributed by atoms with Crippen LogP contribution in [-0.2, 0) is 6.54 Å². The van der Waals surface area contributed by atoms with Crippen LogP contribution >= 0.6 is 0 Å². The van der Waals surface area contributed by atoms with E-state index in [0.29, 0.717) is 40.7 Å². The molecule has 0 spiro atoms. The molecule has 108 valence electrons. The van der Waals surface area contributed by atoms with Crippen LogP contribution < -0.4 is 5.32 Å². The van der Waals surface area contributed by atoms with Crippen LogP contribution in [0, 0.1) is 13.8 Å². The van der Waals surface area contributed by atoms with Gasteiger partial charge in [0.1, 0.15) is 34.6 Å². The van der Waals surface area contributed by atoms with Gasteiger partial charge in [-0.25, -0.2) is 9.78 Å². The molecule has 2 N–H and O–H groups in total. The minimum atomic E-state index is -1.01. The summed E-state index contributed by atoms with van der Waals surface area (Å²) in [5, 5.41) is 16.6. The second-order valence-corrected chi connectivity index (χ2v) is 4.51. The van der Waals surface area contributed by atoms with E-state index >= 15 is 0 Å². The molecule has 0 amide bonds. The third-order valence-electron chi connectivity index (χ3n) is 3.07. The lowest BCUT2D eigenvalue weighted by molar-refractivity contribution is 0.0695. The first kappa shape index (κ1) is 13.1. The van der Waals surface area contributed by atoms with Crippen LogP contribution in [0.3, 0.4) is 0 Å². The Kier molecular flexibility index (Phi) is 3.05. The summed E-state index contributed by atoms with van der Waals surface area (Å²) >= 11 is 0. The molecule has 0 radical (unpaired) electrons. The fourth-order valence-corrected chi connectivity index (χ4v) is 2.07. The van der Waals surface area contributed by atoms with E-state index < -0.39 is 5.97 Å². The van der Waals surface area contributed by atoms with E-state index in [1.807, 2.05) is 0 Å². The van der Waals surface area contributed by atoms with Crippen LogP contribution in [0.2, 0.25) is 0 Å². The molecule has 3 heterocycles. The second-order valence-electron chi connectivity index (χ2n) is 4.51. The Hall–Kier alpha value is -2.90. The number of hydrogen-bond acceptors (Lipinski definition) is 7. The predicted molar refractivity (Wildman–Crippen MR) is 72.1 cm³/mol. The number of carbonyl (C=O) groups is 1. The van der Waals surface area contributed by atoms with E-state index in [4.69, 9.17) is 14.0 Å². The summed E-state index contributed by atoms with van der Waals surface area (Å²) in [6, 6.07) is 1.49. The van der Waals surface area contributed by atoms with Crippen molar-refractivity contribution in [2.45, 2.75) is 20.4 Å². The quantitative estimate of drug-likeness (QED) is 0.750. The van der Waals surface area contributed by atoms with Crippen molar-refractivity contribution in [1.29, 1.82) is 0 Å². The Labute approximate surface area is 118 Å². The Balaban J connectivity index is 1.85. The Bertz CT molecular complexity index is 821. The molecule has 0 aliphatic carbocycles. The van der Waals surface area contributed by atoms with Crippen LogP contribution in [0.4, 0.5) is 5.82 Å². The standard InChI is InChI=1S/C13H12N4O4/c1-6-10-11(15-5-16-12(10)21-17-6)14-4-8-3-9(13(18)19)7(2)20-8/h3,5H,4H2,1-2H3,(H,18,19)(H,14,15,16). The van der Waals surface area contributed by atoms with E-state index in [-0.39, 0.29) is 5.56 Å². The van der Waals surface area contributed by atoms with Crippen LogP contribution in [0.1, 0.15) is 27.6 Å². The highest BCUT2D eigenvalue weighted by molar-refractivity contribution is 5.89. The molecule has 3 aromatic rings. The molecule has 0 aromatic carbocycles. The summed E-state index contributed by atoms with van der Waals surface area (Å²) < 4.78 is 10.4. The maximum absolute atomic E-state index is 11.0. The van der Waals surface area contributed by atoms with E-state index in [1.54, 1.807) is 13.8 Å². The van der Waals surface area contributed by atoms with Gasteiger partial charge < -0.3 is 19.4 Å². The van der Waals surface area contributed by atoms with Gasteiger partial charge in [-0.05, 0) is 19.9 Å². The smallest absolute Gasteiger partial charge is 0.339 e. The number of furan rings is 1. The molecule has 0 saturated carbocycles. The zero-order chi connectivity index (χ0) is 15.0. The molecule has 0 saturated heterocycles. The number of carboxylic acid groups (broad SMARTS) is 1. The average molecular weight is 288 g/mol. The summed E-state index contributed by atoms with van der Waals surface area (Å²) in [5.41, 5.74) is 1.22. The van der Waals surface area contributed by atoms with Crippen molar-refractivity contribution in [3.8, 4) is 0 Å². The molecular weight excluding hydrogens is 276 g/mol. The van der Waals surface area contributed by atoms with E-state index in [2.05, 4.69) is 20.4 Å². The maximum atomic E-state index is 11.0. The van der Waals surface area contributed by atoms with Crippen molar-refractivity contribution in [1.82, 2.24) is 15.1 Å². The van der Waals surface area contributed by atoms with E-state index in [9.17, 15) is 4.79 Å². The topological polar surface area (TPSA) is 114 Å². The highest BCUT2D eigenvalue weighted by atomic mass is 16.5. The number of nitrogens with zero attached hydrogens (tertiary/aromatic N) is 3. The van der Waals surface area contributed by atoms with Gasteiger partial charge in [-0.1, -0.05) is 5.16 Å². The number of hydrogen-bond donors (Lipinski definition) is 2. The summed E-state index contributed by atoms with van der Waals surface area (Å²) in [4.78, 5) is 19.1. The summed E-state index contributed by atoms with van der Waals surface area (Å²) in [6.45, 7) is 3.70. The number of fused-ring (bicyclic) bond motifs is 1. The highest BCUT2D eigenvalue weighted by Gasteiger charge is 2.15. The molecule has 3 aromatic heterocycles. The van der Waals surface area contributed by atoms with Gasteiger partial charge in [0.2, 0.25) is 0 Å². The molecule has 0 bridgehead atoms. The maximum Gasteiger partial charge on any atom is 0.339 e. The van der Waals surface area contributed by atoms with Gasteiger partial charge in [0, 0.05) is 0 Å².